The lowest BCUT2D eigenvalue weighted by Gasteiger charge is -2.41. The Kier molecular flexibility index (Phi) is 5.56. The molecule has 1 aliphatic rings. The van der Waals surface area contributed by atoms with E-state index in [9.17, 15) is 4.79 Å². The number of pyridine rings is 1. The van der Waals surface area contributed by atoms with Crippen LogP contribution in [0.3, 0.4) is 0 Å². The van der Waals surface area contributed by atoms with E-state index < -0.39 is 0 Å². The van der Waals surface area contributed by atoms with Crippen LogP contribution in [0.25, 0.3) is 0 Å². The lowest BCUT2D eigenvalue weighted by Crippen LogP contribution is -2.53. The van der Waals surface area contributed by atoms with Crippen LogP contribution in [0.2, 0.25) is 5.02 Å². The number of rotatable bonds is 4. The molecule has 3 rings (SSSR count). The predicted octanol–water partition coefficient (Wildman–Crippen LogP) is 3.19. The molecular formula is C19H23ClN4O. The van der Waals surface area contributed by atoms with Gasteiger partial charge in [-0.3, -0.25) is 9.69 Å². The van der Waals surface area contributed by atoms with Crippen LogP contribution in [0, 0.1) is 6.92 Å². The van der Waals surface area contributed by atoms with Crippen molar-refractivity contribution < 1.29 is 4.79 Å². The van der Waals surface area contributed by atoms with Crippen molar-refractivity contribution in [3.63, 3.8) is 0 Å². The zero-order valence-electron chi connectivity index (χ0n) is 14.6. The van der Waals surface area contributed by atoms with Gasteiger partial charge in [0.15, 0.2) is 0 Å². The molecule has 0 radical (unpaired) electrons. The van der Waals surface area contributed by atoms with Crippen molar-refractivity contribution in [2.24, 2.45) is 0 Å². The van der Waals surface area contributed by atoms with Crippen molar-refractivity contribution in [3.05, 3.63) is 53.2 Å². The van der Waals surface area contributed by atoms with Crippen molar-refractivity contribution in [2.45, 2.75) is 19.9 Å². The van der Waals surface area contributed by atoms with Gasteiger partial charge in [-0.1, -0.05) is 29.3 Å². The number of anilines is 2. The second-order valence-electron chi connectivity index (χ2n) is 6.52. The Labute approximate surface area is 153 Å². The Morgan fingerprint density at radius 2 is 2.00 bits per heavy atom. The van der Waals surface area contributed by atoms with E-state index >= 15 is 0 Å². The Bertz CT molecular complexity index is 717. The fourth-order valence-corrected chi connectivity index (χ4v) is 3.24. The third-order valence-corrected chi connectivity index (χ3v) is 4.66. The molecule has 1 aromatic heterocycles. The summed E-state index contributed by atoms with van der Waals surface area (Å²) in [5.41, 5.74) is 2.51. The van der Waals surface area contributed by atoms with Gasteiger partial charge in [0.05, 0.1) is 11.6 Å². The van der Waals surface area contributed by atoms with E-state index in [-0.39, 0.29) is 5.91 Å². The van der Waals surface area contributed by atoms with Gasteiger partial charge in [0.1, 0.15) is 5.82 Å². The number of aryl methyl sites for hydroxylation is 1. The molecule has 1 N–H and O–H groups in total. The number of nitrogens with one attached hydrogen (secondary N) is 1. The predicted molar refractivity (Wildman–Crippen MR) is 102 cm³/mol. The minimum Gasteiger partial charge on any atom is -0.366 e. The molecule has 1 aromatic carbocycles. The van der Waals surface area contributed by atoms with Gasteiger partial charge in [-0.15, -0.1) is 0 Å². The minimum atomic E-state index is -0.0502. The molecule has 0 unspecified atom stereocenters. The first kappa shape index (κ1) is 17.7. The third-order valence-electron chi connectivity index (χ3n) is 4.44. The van der Waals surface area contributed by atoms with Crippen LogP contribution in [0.15, 0.2) is 42.6 Å². The summed E-state index contributed by atoms with van der Waals surface area (Å²) >= 11 is 5.80. The number of hydrogen-bond acceptors (Lipinski definition) is 4. The quantitative estimate of drug-likeness (QED) is 0.911. The van der Waals surface area contributed by atoms with Crippen LogP contribution < -0.4 is 10.2 Å². The van der Waals surface area contributed by atoms with Crippen LogP contribution >= 0.6 is 11.6 Å². The van der Waals surface area contributed by atoms with Crippen LogP contribution in [0.4, 0.5) is 11.5 Å². The largest absolute Gasteiger partial charge is 0.366 e. The zero-order valence-corrected chi connectivity index (χ0v) is 15.3. The molecule has 0 spiro atoms. The highest BCUT2D eigenvalue weighted by Crippen LogP contribution is 2.21. The fourth-order valence-electron chi connectivity index (χ4n) is 3.13. The van der Waals surface area contributed by atoms with Crippen molar-refractivity contribution >= 4 is 29.0 Å². The Balaban J connectivity index is 1.53. The van der Waals surface area contributed by atoms with Gasteiger partial charge >= 0.3 is 0 Å². The van der Waals surface area contributed by atoms with Crippen LogP contribution in [-0.2, 0) is 4.79 Å². The summed E-state index contributed by atoms with van der Waals surface area (Å²) in [6.45, 7) is 7.30. The van der Waals surface area contributed by atoms with Gasteiger partial charge in [0.25, 0.3) is 0 Å². The summed E-state index contributed by atoms with van der Waals surface area (Å²) in [7, 11) is 0. The first-order chi connectivity index (χ1) is 12.0. The molecule has 1 atom stereocenters. The molecule has 0 bridgehead atoms. The fraction of sp³-hybridized carbons (Fsp3) is 0.368. The lowest BCUT2D eigenvalue weighted by atomic mass is 10.1. The highest BCUT2D eigenvalue weighted by Gasteiger charge is 2.25. The molecule has 1 aliphatic heterocycles. The molecule has 132 valence electrons. The van der Waals surface area contributed by atoms with Gasteiger partial charge < -0.3 is 10.2 Å². The van der Waals surface area contributed by atoms with Crippen LogP contribution in [0.1, 0.15) is 12.5 Å². The average molecular weight is 359 g/mol. The Hall–Kier alpha value is -2.11. The molecule has 25 heavy (non-hydrogen) atoms. The number of carbonyl (C=O) groups is 1. The normalized spacial score (nSPS) is 18.2. The van der Waals surface area contributed by atoms with E-state index in [2.05, 4.69) is 58.2 Å². The molecule has 1 amide bonds. The number of hydrogen-bond donors (Lipinski definition) is 1. The topological polar surface area (TPSA) is 48.5 Å². The van der Waals surface area contributed by atoms with E-state index in [1.807, 2.05) is 0 Å². The summed E-state index contributed by atoms with van der Waals surface area (Å²) in [5, 5.41) is 3.37. The van der Waals surface area contributed by atoms with E-state index in [0.717, 1.165) is 19.6 Å². The number of nitrogens with zero attached hydrogens (tertiary/aromatic N) is 3. The number of benzene rings is 1. The summed E-state index contributed by atoms with van der Waals surface area (Å²) < 4.78 is 0. The van der Waals surface area contributed by atoms with Crippen molar-refractivity contribution in [3.8, 4) is 0 Å². The van der Waals surface area contributed by atoms with Crippen molar-refractivity contribution in [2.75, 3.05) is 36.4 Å². The number of amides is 1. The smallest absolute Gasteiger partial charge is 0.239 e. The molecule has 6 heteroatoms. The number of aromatic nitrogens is 1. The van der Waals surface area contributed by atoms with Gasteiger partial charge in [0, 0.05) is 37.6 Å². The molecule has 5 nitrogen and oxygen atoms in total. The standard InChI is InChI=1S/C19H23ClN4O/c1-14-3-6-17(7-4-14)24-10-9-23(12-15(24)2)13-19(25)22-18-8-5-16(20)11-21-18/h3-8,11,15H,9-10,12-13H2,1-2H3,(H,21,22,25)/t15-/m0/s1. The molecule has 0 aliphatic carbocycles. The van der Waals surface area contributed by atoms with Crippen molar-refractivity contribution in [1.82, 2.24) is 9.88 Å². The number of piperazine rings is 1. The highest BCUT2D eigenvalue weighted by molar-refractivity contribution is 6.30. The molecule has 1 saturated heterocycles. The first-order valence-electron chi connectivity index (χ1n) is 8.48. The summed E-state index contributed by atoms with van der Waals surface area (Å²) in [4.78, 5) is 20.9. The van der Waals surface area contributed by atoms with Gasteiger partial charge in [-0.05, 0) is 38.1 Å². The monoisotopic (exact) mass is 358 g/mol. The summed E-state index contributed by atoms with van der Waals surface area (Å²) in [6.07, 6.45) is 1.53. The lowest BCUT2D eigenvalue weighted by molar-refractivity contribution is -0.117. The maximum atomic E-state index is 12.2. The number of carbonyl (C=O) groups excluding carboxylic acids is 1. The average Bonchev–Trinajstić information content (AvgIpc) is 2.58. The molecular weight excluding hydrogens is 336 g/mol. The second kappa shape index (κ2) is 7.85. The van der Waals surface area contributed by atoms with Crippen molar-refractivity contribution in [1.29, 1.82) is 0 Å². The summed E-state index contributed by atoms with van der Waals surface area (Å²) in [6, 6.07) is 12.4. The van der Waals surface area contributed by atoms with E-state index in [0.29, 0.717) is 23.4 Å². The minimum absolute atomic E-state index is 0.0502. The number of halogens is 1. The third kappa shape index (κ3) is 4.71. The van der Waals surface area contributed by atoms with Crippen LogP contribution in [-0.4, -0.2) is 48.0 Å². The van der Waals surface area contributed by atoms with E-state index in [4.69, 9.17) is 11.6 Å². The van der Waals surface area contributed by atoms with Gasteiger partial charge in [-0.25, -0.2) is 4.98 Å². The van der Waals surface area contributed by atoms with Gasteiger partial charge in [0.2, 0.25) is 5.91 Å². The van der Waals surface area contributed by atoms with Gasteiger partial charge in [-0.2, -0.15) is 0 Å². The molecule has 2 aromatic rings. The molecule has 1 fully saturated rings. The molecule has 0 saturated carbocycles. The molecule has 2 heterocycles. The SMILES string of the molecule is Cc1ccc(N2CCN(CC(=O)Nc3ccc(Cl)cn3)C[C@@H]2C)cc1. The van der Waals surface area contributed by atoms with E-state index in [1.165, 1.54) is 17.4 Å². The Morgan fingerprint density at radius 1 is 1.24 bits per heavy atom. The highest BCUT2D eigenvalue weighted by atomic mass is 35.5. The maximum Gasteiger partial charge on any atom is 0.239 e. The first-order valence-corrected chi connectivity index (χ1v) is 8.86. The maximum absolute atomic E-state index is 12.2. The van der Waals surface area contributed by atoms with Crippen LogP contribution in [0.5, 0.6) is 0 Å². The summed E-state index contributed by atoms with van der Waals surface area (Å²) in [5.74, 6) is 0.478. The second-order valence-corrected chi connectivity index (χ2v) is 6.96. The Morgan fingerprint density at radius 3 is 2.64 bits per heavy atom. The van der Waals surface area contributed by atoms with E-state index in [1.54, 1.807) is 12.1 Å². The zero-order chi connectivity index (χ0) is 17.8.